The first-order valence-corrected chi connectivity index (χ1v) is 8.33. The van der Waals surface area contributed by atoms with Crippen molar-refractivity contribution in [3.63, 3.8) is 0 Å². The van der Waals surface area contributed by atoms with Gasteiger partial charge >= 0.3 is 12.1 Å². The van der Waals surface area contributed by atoms with Gasteiger partial charge in [0.1, 0.15) is 5.75 Å². The fourth-order valence-corrected chi connectivity index (χ4v) is 3.05. The van der Waals surface area contributed by atoms with Gasteiger partial charge in [-0.05, 0) is 47.9 Å². The van der Waals surface area contributed by atoms with E-state index in [1.54, 1.807) is 6.07 Å². The van der Waals surface area contributed by atoms with Crippen molar-refractivity contribution < 1.29 is 27.8 Å². The van der Waals surface area contributed by atoms with Crippen molar-refractivity contribution in [3.8, 4) is 5.75 Å². The fourth-order valence-electron chi connectivity index (χ4n) is 3.05. The Morgan fingerprint density at radius 3 is 2.24 bits per heavy atom. The molecule has 0 radical (unpaired) electrons. The first-order chi connectivity index (χ1) is 11.5. The molecule has 0 aromatic heterocycles. The first kappa shape index (κ1) is 19.3. The van der Waals surface area contributed by atoms with Gasteiger partial charge in [0.05, 0.1) is 5.57 Å². The Kier molecular flexibility index (Phi) is 5.49. The van der Waals surface area contributed by atoms with E-state index in [0.29, 0.717) is 23.5 Å². The van der Waals surface area contributed by atoms with Gasteiger partial charge in [0, 0.05) is 5.56 Å². The Hall–Kier alpha value is -1.98. The van der Waals surface area contributed by atoms with Gasteiger partial charge in [0.15, 0.2) is 0 Å². The molecule has 6 heteroatoms. The van der Waals surface area contributed by atoms with E-state index < -0.39 is 23.8 Å². The average Bonchev–Trinajstić information content (AvgIpc) is 2.43. The molecule has 0 amide bonds. The molecule has 1 N–H and O–H groups in total. The molecular weight excluding hydrogens is 333 g/mol. The second-order valence-corrected chi connectivity index (χ2v) is 7.31. The minimum atomic E-state index is -4.78. The quantitative estimate of drug-likeness (QED) is 0.818. The number of halogens is 3. The van der Waals surface area contributed by atoms with Gasteiger partial charge in [-0.2, -0.15) is 13.2 Å². The summed E-state index contributed by atoms with van der Waals surface area (Å²) in [4.78, 5) is 11.3. The fraction of sp³-hybridized carbons (Fsp3) is 0.526. The topological polar surface area (TPSA) is 46.5 Å². The van der Waals surface area contributed by atoms with Gasteiger partial charge in [-0.1, -0.05) is 33.8 Å². The lowest BCUT2D eigenvalue weighted by molar-refractivity contribution is -0.187. The van der Waals surface area contributed by atoms with Crippen molar-refractivity contribution in [2.45, 2.75) is 52.8 Å². The molecule has 1 aromatic rings. The zero-order valence-corrected chi connectivity index (χ0v) is 14.8. The molecule has 0 bridgehead atoms. The molecule has 1 atom stereocenters. The number of carboxylic acid groups (broad SMARTS) is 1. The number of hydrogen-bond donors (Lipinski definition) is 1. The van der Waals surface area contributed by atoms with Crippen molar-refractivity contribution >= 4 is 12.0 Å². The number of alkyl halides is 3. The maximum atomic E-state index is 13.3. The lowest BCUT2D eigenvalue weighted by Gasteiger charge is -2.29. The van der Waals surface area contributed by atoms with Gasteiger partial charge < -0.3 is 9.84 Å². The molecule has 0 spiro atoms. The summed E-state index contributed by atoms with van der Waals surface area (Å²) < 4.78 is 45.0. The lowest BCUT2D eigenvalue weighted by Crippen LogP contribution is -2.40. The Labute approximate surface area is 145 Å². The minimum absolute atomic E-state index is 0.147. The predicted molar refractivity (Wildman–Crippen MR) is 89.6 cm³/mol. The summed E-state index contributed by atoms with van der Waals surface area (Å²) in [7, 11) is 0. The van der Waals surface area contributed by atoms with Crippen LogP contribution in [0.4, 0.5) is 13.2 Å². The van der Waals surface area contributed by atoms with Crippen LogP contribution in [0.2, 0.25) is 0 Å². The highest BCUT2D eigenvalue weighted by molar-refractivity contribution is 5.95. The molecule has 1 aliphatic heterocycles. The summed E-state index contributed by atoms with van der Waals surface area (Å²) in [5.41, 5.74) is 1.29. The monoisotopic (exact) mass is 356 g/mol. The summed E-state index contributed by atoms with van der Waals surface area (Å²) >= 11 is 0. The average molecular weight is 356 g/mol. The maximum absolute atomic E-state index is 13.3. The van der Waals surface area contributed by atoms with E-state index >= 15 is 0 Å². The molecule has 2 rings (SSSR count). The van der Waals surface area contributed by atoms with Crippen LogP contribution in [-0.4, -0.2) is 23.4 Å². The standard InChI is InChI=1S/C19H23F3O3/c1-10(2)5-12-7-13(6-11(3)4)16-14(8-12)9-15(18(23)24)17(25-16)19(20,21)22/h7-11,17H,5-6H2,1-4H3,(H,23,24). The van der Waals surface area contributed by atoms with E-state index in [0.717, 1.165) is 18.1 Å². The van der Waals surface area contributed by atoms with Crippen LogP contribution < -0.4 is 4.74 Å². The number of rotatable bonds is 5. The van der Waals surface area contributed by atoms with Crippen LogP contribution in [0.1, 0.15) is 44.4 Å². The molecule has 0 fully saturated rings. The summed E-state index contributed by atoms with van der Waals surface area (Å²) in [5.74, 6) is -0.863. The van der Waals surface area contributed by atoms with Crippen LogP contribution in [0.3, 0.4) is 0 Å². The molecule has 25 heavy (non-hydrogen) atoms. The highest BCUT2D eigenvalue weighted by Gasteiger charge is 2.48. The highest BCUT2D eigenvalue weighted by Crippen LogP contribution is 2.40. The van der Waals surface area contributed by atoms with Crippen LogP contribution in [-0.2, 0) is 17.6 Å². The molecule has 1 aromatic carbocycles. The lowest BCUT2D eigenvalue weighted by atomic mass is 9.91. The Morgan fingerprint density at radius 2 is 1.76 bits per heavy atom. The first-order valence-electron chi connectivity index (χ1n) is 8.33. The predicted octanol–water partition coefficient (Wildman–Crippen LogP) is 4.87. The smallest absolute Gasteiger partial charge is 0.430 e. The third-order valence-electron chi connectivity index (χ3n) is 3.90. The van der Waals surface area contributed by atoms with Gasteiger partial charge in [0.2, 0.25) is 6.10 Å². The number of carbonyl (C=O) groups is 1. The van der Waals surface area contributed by atoms with E-state index in [4.69, 9.17) is 4.74 Å². The third kappa shape index (κ3) is 4.55. The van der Waals surface area contributed by atoms with E-state index in [9.17, 15) is 23.1 Å². The summed E-state index contributed by atoms with van der Waals surface area (Å²) in [5, 5.41) is 9.18. The number of hydrogen-bond acceptors (Lipinski definition) is 2. The van der Waals surface area contributed by atoms with Crippen LogP contribution in [0.5, 0.6) is 5.75 Å². The van der Waals surface area contributed by atoms with E-state index in [2.05, 4.69) is 13.8 Å². The number of carboxylic acids is 1. The molecular formula is C19H23F3O3. The SMILES string of the molecule is CC(C)Cc1cc2c(c(CC(C)C)c1)OC(C(F)(F)F)C(C(=O)O)=C2. The van der Waals surface area contributed by atoms with E-state index in [-0.39, 0.29) is 11.7 Å². The molecule has 0 aliphatic carbocycles. The normalized spacial score (nSPS) is 17.3. The molecule has 1 unspecified atom stereocenters. The van der Waals surface area contributed by atoms with Crippen molar-refractivity contribution in [2.75, 3.05) is 0 Å². The highest BCUT2D eigenvalue weighted by atomic mass is 19.4. The molecule has 3 nitrogen and oxygen atoms in total. The molecule has 0 saturated heterocycles. The van der Waals surface area contributed by atoms with Crippen molar-refractivity contribution in [2.24, 2.45) is 11.8 Å². The van der Waals surface area contributed by atoms with Gasteiger partial charge in [-0.3, -0.25) is 0 Å². The number of benzene rings is 1. The van der Waals surface area contributed by atoms with Gasteiger partial charge in [-0.15, -0.1) is 0 Å². The van der Waals surface area contributed by atoms with Gasteiger partial charge in [0.25, 0.3) is 0 Å². The number of fused-ring (bicyclic) bond motifs is 1. The van der Waals surface area contributed by atoms with E-state index in [1.807, 2.05) is 19.9 Å². The zero-order valence-electron chi connectivity index (χ0n) is 14.8. The van der Waals surface area contributed by atoms with Crippen LogP contribution in [0.15, 0.2) is 17.7 Å². The number of ether oxygens (including phenoxy) is 1. The molecule has 1 heterocycles. The molecule has 1 aliphatic rings. The summed E-state index contributed by atoms with van der Waals surface area (Å²) in [6, 6.07) is 3.61. The molecule has 0 saturated carbocycles. The van der Waals surface area contributed by atoms with Gasteiger partial charge in [-0.25, -0.2) is 4.79 Å². The summed E-state index contributed by atoms with van der Waals surface area (Å²) in [6.07, 6.45) is -4.80. The minimum Gasteiger partial charge on any atom is -0.478 e. The Morgan fingerprint density at radius 1 is 1.16 bits per heavy atom. The maximum Gasteiger partial charge on any atom is 0.430 e. The Balaban J connectivity index is 2.60. The van der Waals surface area contributed by atoms with Crippen molar-refractivity contribution in [3.05, 3.63) is 34.4 Å². The summed E-state index contributed by atoms with van der Waals surface area (Å²) in [6.45, 7) is 8.06. The second-order valence-electron chi connectivity index (χ2n) is 7.31. The van der Waals surface area contributed by atoms with Crippen LogP contribution in [0.25, 0.3) is 6.08 Å². The number of aliphatic carboxylic acids is 1. The van der Waals surface area contributed by atoms with Crippen molar-refractivity contribution in [1.82, 2.24) is 0 Å². The largest absolute Gasteiger partial charge is 0.478 e. The van der Waals surface area contributed by atoms with E-state index in [1.165, 1.54) is 0 Å². The Bertz CT molecular complexity index is 688. The molecule has 138 valence electrons. The third-order valence-corrected chi connectivity index (χ3v) is 3.90. The zero-order chi connectivity index (χ0) is 18.9. The second kappa shape index (κ2) is 7.10. The van der Waals surface area contributed by atoms with Crippen molar-refractivity contribution in [1.29, 1.82) is 0 Å². The van der Waals surface area contributed by atoms with Crippen LogP contribution in [0, 0.1) is 11.8 Å². The van der Waals surface area contributed by atoms with Crippen LogP contribution >= 0.6 is 0 Å².